The Hall–Kier alpha value is -0.0800. The number of hydrogen-bond donors (Lipinski definition) is 2. The molecule has 0 spiro atoms. The fourth-order valence-electron chi connectivity index (χ4n) is 1.83. The van der Waals surface area contributed by atoms with Gasteiger partial charge in [0.15, 0.2) is 0 Å². The molecule has 74 valence electrons. The standard InChI is InChI=1S/C10H22O2/c1-4-9(7-12)10(5-6-11)8(2)3/h8-12H,4-7H2,1-3H3. The van der Waals surface area contributed by atoms with Crippen molar-refractivity contribution in [1.29, 1.82) is 0 Å². The minimum atomic E-state index is 0.235. The summed E-state index contributed by atoms with van der Waals surface area (Å²) in [5.41, 5.74) is 0. The Bertz CT molecular complexity index is 98.0. The molecule has 2 N–H and O–H groups in total. The van der Waals surface area contributed by atoms with E-state index in [1.54, 1.807) is 0 Å². The third-order valence-corrected chi connectivity index (χ3v) is 2.68. The average Bonchev–Trinajstić information content (AvgIpc) is 2.05. The molecule has 0 radical (unpaired) electrons. The number of aliphatic hydroxyl groups is 2. The van der Waals surface area contributed by atoms with Gasteiger partial charge in [-0.3, -0.25) is 0 Å². The van der Waals surface area contributed by atoms with Crippen molar-refractivity contribution < 1.29 is 10.2 Å². The molecule has 0 aromatic rings. The second kappa shape index (κ2) is 6.44. The zero-order chi connectivity index (χ0) is 9.56. The minimum Gasteiger partial charge on any atom is -0.396 e. The molecule has 0 rings (SSSR count). The highest BCUT2D eigenvalue weighted by Crippen LogP contribution is 2.26. The van der Waals surface area contributed by atoms with Crippen LogP contribution in [-0.2, 0) is 0 Å². The van der Waals surface area contributed by atoms with Crippen LogP contribution >= 0.6 is 0 Å². The van der Waals surface area contributed by atoms with E-state index in [1.807, 2.05) is 0 Å². The maximum absolute atomic E-state index is 9.09. The predicted molar refractivity (Wildman–Crippen MR) is 50.9 cm³/mol. The summed E-state index contributed by atoms with van der Waals surface area (Å²) in [5.74, 6) is 1.37. The molecule has 0 aromatic carbocycles. The Morgan fingerprint density at radius 1 is 1.17 bits per heavy atom. The molecule has 0 aromatic heterocycles. The van der Waals surface area contributed by atoms with Crippen molar-refractivity contribution in [3.8, 4) is 0 Å². The van der Waals surface area contributed by atoms with Crippen molar-refractivity contribution in [2.45, 2.75) is 33.6 Å². The first-order valence-electron chi connectivity index (χ1n) is 4.89. The lowest BCUT2D eigenvalue weighted by atomic mass is 9.80. The first kappa shape index (κ1) is 11.9. The summed E-state index contributed by atoms with van der Waals surface area (Å²) in [6.07, 6.45) is 1.82. The Morgan fingerprint density at radius 3 is 2.00 bits per heavy atom. The third kappa shape index (κ3) is 3.55. The molecule has 0 bridgehead atoms. The molecule has 0 aliphatic rings. The van der Waals surface area contributed by atoms with Gasteiger partial charge in [0.25, 0.3) is 0 Å². The van der Waals surface area contributed by atoms with E-state index in [2.05, 4.69) is 20.8 Å². The molecular weight excluding hydrogens is 152 g/mol. The molecule has 0 aliphatic heterocycles. The summed E-state index contributed by atoms with van der Waals surface area (Å²) in [6.45, 7) is 6.88. The zero-order valence-electron chi connectivity index (χ0n) is 8.45. The maximum Gasteiger partial charge on any atom is 0.0461 e. The first-order valence-corrected chi connectivity index (χ1v) is 4.89. The van der Waals surface area contributed by atoms with Gasteiger partial charge in [-0.05, 0) is 24.2 Å². The van der Waals surface area contributed by atoms with E-state index in [-0.39, 0.29) is 13.2 Å². The second-order valence-electron chi connectivity index (χ2n) is 3.77. The molecule has 0 fully saturated rings. The van der Waals surface area contributed by atoms with E-state index < -0.39 is 0 Å². The predicted octanol–water partition coefficient (Wildman–Crippen LogP) is 1.66. The van der Waals surface area contributed by atoms with E-state index in [1.165, 1.54) is 0 Å². The van der Waals surface area contributed by atoms with Crippen molar-refractivity contribution >= 4 is 0 Å². The molecule has 12 heavy (non-hydrogen) atoms. The van der Waals surface area contributed by atoms with Crippen molar-refractivity contribution in [3.63, 3.8) is 0 Å². The number of aliphatic hydroxyl groups excluding tert-OH is 2. The molecule has 2 unspecified atom stereocenters. The summed E-state index contributed by atoms with van der Waals surface area (Å²) in [6, 6.07) is 0. The molecule has 0 amide bonds. The highest BCUT2D eigenvalue weighted by molar-refractivity contribution is 4.71. The fourth-order valence-corrected chi connectivity index (χ4v) is 1.83. The van der Waals surface area contributed by atoms with Crippen LogP contribution in [0.4, 0.5) is 0 Å². The van der Waals surface area contributed by atoms with Crippen LogP contribution in [0.5, 0.6) is 0 Å². The first-order chi connectivity index (χ1) is 5.67. The van der Waals surface area contributed by atoms with E-state index in [9.17, 15) is 0 Å². The molecule has 2 heteroatoms. The van der Waals surface area contributed by atoms with Crippen LogP contribution in [0.15, 0.2) is 0 Å². The van der Waals surface area contributed by atoms with Crippen LogP contribution in [-0.4, -0.2) is 23.4 Å². The van der Waals surface area contributed by atoms with Crippen LogP contribution in [0.25, 0.3) is 0 Å². The van der Waals surface area contributed by atoms with Crippen LogP contribution in [0.1, 0.15) is 33.6 Å². The summed E-state index contributed by atoms with van der Waals surface area (Å²) in [4.78, 5) is 0. The Morgan fingerprint density at radius 2 is 1.75 bits per heavy atom. The van der Waals surface area contributed by atoms with Gasteiger partial charge < -0.3 is 10.2 Å². The van der Waals surface area contributed by atoms with Crippen molar-refractivity contribution in [3.05, 3.63) is 0 Å². The van der Waals surface area contributed by atoms with Gasteiger partial charge >= 0.3 is 0 Å². The van der Waals surface area contributed by atoms with Gasteiger partial charge in [0, 0.05) is 13.2 Å². The molecule has 0 saturated carbocycles. The van der Waals surface area contributed by atoms with Crippen LogP contribution in [0.2, 0.25) is 0 Å². The Labute approximate surface area is 75.6 Å². The lowest BCUT2D eigenvalue weighted by molar-refractivity contribution is 0.116. The van der Waals surface area contributed by atoms with Gasteiger partial charge in [-0.15, -0.1) is 0 Å². The van der Waals surface area contributed by atoms with Crippen LogP contribution in [0, 0.1) is 17.8 Å². The van der Waals surface area contributed by atoms with Gasteiger partial charge in [-0.1, -0.05) is 27.2 Å². The SMILES string of the molecule is CCC(CO)C(CCO)C(C)C. The smallest absolute Gasteiger partial charge is 0.0461 e. The van der Waals surface area contributed by atoms with Crippen molar-refractivity contribution in [2.75, 3.05) is 13.2 Å². The molecule has 0 heterocycles. The van der Waals surface area contributed by atoms with E-state index in [0.29, 0.717) is 17.8 Å². The summed E-state index contributed by atoms with van der Waals surface area (Å²) in [7, 11) is 0. The number of hydrogen-bond acceptors (Lipinski definition) is 2. The highest BCUT2D eigenvalue weighted by Gasteiger charge is 2.21. The van der Waals surface area contributed by atoms with Gasteiger partial charge in [-0.25, -0.2) is 0 Å². The molecule has 0 saturated heterocycles. The normalized spacial score (nSPS) is 16.5. The summed E-state index contributed by atoms with van der Waals surface area (Å²) in [5, 5.41) is 17.9. The average molecular weight is 174 g/mol. The molecular formula is C10H22O2. The van der Waals surface area contributed by atoms with Gasteiger partial charge in [0.1, 0.15) is 0 Å². The topological polar surface area (TPSA) is 40.5 Å². The molecule has 2 nitrogen and oxygen atoms in total. The van der Waals surface area contributed by atoms with Gasteiger partial charge in [0.05, 0.1) is 0 Å². The second-order valence-corrected chi connectivity index (χ2v) is 3.77. The zero-order valence-corrected chi connectivity index (χ0v) is 8.45. The maximum atomic E-state index is 9.09. The van der Waals surface area contributed by atoms with E-state index in [0.717, 1.165) is 12.8 Å². The Balaban J connectivity index is 4.05. The quantitative estimate of drug-likeness (QED) is 0.643. The highest BCUT2D eigenvalue weighted by atomic mass is 16.3. The third-order valence-electron chi connectivity index (χ3n) is 2.68. The lowest BCUT2D eigenvalue weighted by Gasteiger charge is -2.27. The summed E-state index contributed by atoms with van der Waals surface area (Å²) < 4.78 is 0. The van der Waals surface area contributed by atoms with Gasteiger partial charge in [0.2, 0.25) is 0 Å². The van der Waals surface area contributed by atoms with Gasteiger partial charge in [-0.2, -0.15) is 0 Å². The molecule has 0 aliphatic carbocycles. The van der Waals surface area contributed by atoms with E-state index >= 15 is 0 Å². The largest absolute Gasteiger partial charge is 0.396 e. The van der Waals surface area contributed by atoms with Crippen molar-refractivity contribution in [1.82, 2.24) is 0 Å². The number of rotatable bonds is 6. The minimum absolute atomic E-state index is 0.235. The Kier molecular flexibility index (Phi) is 6.39. The molecule has 2 atom stereocenters. The lowest BCUT2D eigenvalue weighted by Crippen LogP contribution is -2.23. The fraction of sp³-hybridized carbons (Fsp3) is 1.00. The van der Waals surface area contributed by atoms with E-state index in [4.69, 9.17) is 10.2 Å². The van der Waals surface area contributed by atoms with Crippen LogP contribution < -0.4 is 0 Å². The summed E-state index contributed by atoms with van der Waals surface area (Å²) >= 11 is 0. The monoisotopic (exact) mass is 174 g/mol. The van der Waals surface area contributed by atoms with Crippen LogP contribution in [0.3, 0.4) is 0 Å². The van der Waals surface area contributed by atoms with Crippen molar-refractivity contribution in [2.24, 2.45) is 17.8 Å².